The lowest BCUT2D eigenvalue weighted by Crippen LogP contribution is -2.34. The third-order valence-corrected chi connectivity index (χ3v) is 6.07. The molecule has 1 aromatic rings. The Bertz CT molecular complexity index is 615. The highest BCUT2D eigenvalue weighted by molar-refractivity contribution is 7.89. The molecule has 23 heavy (non-hydrogen) atoms. The molecule has 0 bridgehead atoms. The summed E-state index contributed by atoms with van der Waals surface area (Å²) in [6.45, 7) is 3.33. The molecule has 2 heterocycles. The maximum absolute atomic E-state index is 13.0. The van der Waals surface area contributed by atoms with Crippen LogP contribution >= 0.6 is 0 Å². The monoisotopic (exact) mass is 342 g/mol. The smallest absolute Gasteiger partial charge is 0.211 e. The quantitative estimate of drug-likeness (QED) is 0.853. The van der Waals surface area contributed by atoms with E-state index in [4.69, 9.17) is 4.74 Å². The fraction of sp³-hybridized carbons (Fsp3) is 0.625. The first-order chi connectivity index (χ1) is 11.0. The minimum atomic E-state index is -3.24. The first-order valence-corrected chi connectivity index (χ1v) is 9.73. The summed E-state index contributed by atoms with van der Waals surface area (Å²) in [4.78, 5) is 2.17. The second-order valence-corrected chi connectivity index (χ2v) is 8.29. The zero-order valence-electron chi connectivity index (χ0n) is 13.1. The van der Waals surface area contributed by atoms with E-state index in [9.17, 15) is 12.8 Å². The van der Waals surface area contributed by atoms with E-state index in [0.29, 0.717) is 19.8 Å². The highest BCUT2D eigenvalue weighted by atomic mass is 32.2. The predicted octanol–water partition coefficient (Wildman–Crippen LogP) is 1.61. The Morgan fingerprint density at radius 1 is 1.22 bits per heavy atom. The molecule has 7 heteroatoms. The fourth-order valence-corrected chi connectivity index (χ4v) is 4.71. The van der Waals surface area contributed by atoms with E-state index in [0.717, 1.165) is 31.6 Å². The number of nitrogens with zero attached hydrogens (tertiary/aromatic N) is 1. The standard InChI is InChI=1S/C16H23FN2O3S/c17-15-1-3-16(4-2-15)19-7-5-13(10-19)9-18-23(20,21)12-14-6-8-22-11-14/h1-4,13-14,18H,5-12H2. The number of benzene rings is 1. The lowest BCUT2D eigenvalue weighted by atomic mass is 10.1. The van der Waals surface area contributed by atoms with E-state index in [1.165, 1.54) is 12.1 Å². The van der Waals surface area contributed by atoms with Crippen molar-refractivity contribution in [1.82, 2.24) is 4.72 Å². The van der Waals surface area contributed by atoms with Crippen LogP contribution in [0.5, 0.6) is 0 Å². The van der Waals surface area contributed by atoms with Crippen LogP contribution in [0.3, 0.4) is 0 Å². The largest absolute Gasteiger partial charge is 0.381 e. The highest BCUT2D eigenvalue weighted by Gasteiger charge is 2.26. The van der Waals surface area contributed by atoms with Crippen molar-refractivity contribution < 1.29 is 17.5 Å². The highest BCUT2D eigenvalue weighted by Crippen LogP contribution is 2.24. The molecular formula is C16H23FN2O3S. The van der Waals surface area contributed by atoms with E-state index in [2.05, 4.69) is 9.62 Å². The summed E-state index contributed by atoms with van der Waals surface area (Å²) in [5.74, 6) is 0.316. The summed E-state index contributed by atoms with van der Waals surface area (Å²) >= 11 is 0. The van der Waals surface area contributed by atoms with Gasteiger partial charge >= 0.3 is 0 Å². The molecule has 0 saturated carbocycles. The van der Waals surface area contributed by atoms with Gasteiger partial charge in [-0.25, -0.2) is 17.5 Å². The number of halogens is 1. The number of ether oxygens (including phenoxy) is 1. The van der Waals surface area contributed by atoms with Crippen molar-refractivity contribution >= 4 is 15.7 Å². The van der Waals surface area contributed by atoms with Crippen LogP contribution in [0.1, 0.15) is 12.8 Å². The molecule has 2 aliphatic rings. The summed E-state index contributed by atoms with van der Waals surface area (Å²) in [5, 5.41) is 0. The molecule has 2 atom stereocenters. The number of rotatable bonds is 6. The molecule has 2 unspecified atom stereocenters. The van der Waals surface area contributed by atoms with Crippen LogP contribution in [0, 0.1) is 17.7 Å². The van der Waals surface area contributed by atoms with Crippen LogP contribution in [0.4, 0.5) is 10.1 Å². The van der Waals surface area contributed by atoms with E-state index < -0.39 is 10.0 Å². The van der Waals surface area contributed by atoms with E-state index in [1.807, 2.05) is 0 Å². The van der Waals surface area contributed by atoms with Gasteiger partial charge in [-0.3, -0.25) is 0 Å². The van der Waals surface area contributed by atoms with Crippen molar-refractivity contribution in [2.45, 2.75) is 12.8 Å². The number of hydrogen-bond donors (Lipinski definition) is 1. The minimum absolute atomic E-state index is 0.117. The summed E-state index contributed by atoms with van der Waals surface area (Å²) < 4.78 is 45.2. The summed E-state index contributed by atoms with van der Waals surface area (Å²) in [6.07, 6.45) is 1.76. The second-order valence-electron chi connectivity index (χ2n) is 6.44. The van der Waals surface area contributed by atoms with Crippen LogP contribution in [-0.2, 0) is 14.8 Å². The van der Waals surface area contributed by atoms with Gasteiger partial charge in [0.1, 0.15) is 5.82 Å². The van der Waals surface area contributed by atoms with Gasteiger partial charge in [0.05, 0.1) is 12.4 Å². The Kier molecular flexibility index (Phi) is 5.18. The normalized spacial score (nSPS) is 25.2. The molecule has 3 rings (SSSR count). The molecule has 0 radical (unpaired) electrons. The van der Waals surface area contributed by atoms with Gasteiger partial charge in [0.15, 0.2) is 0 Å². The molecule has 128 valence electrons. The fourth-order valence-electron chi connectivity index (χ4n) is 3.21. The van der Waals surface area contributed by atoms with E-state index >= 15 is 0 Å². The van der Waals surface area contributed by atoms with Gasteiger partial charge in [-0.05, 0) is 48.9 Å². The molecule has 2 aliphatic heterocycles. The van der Waals surface area contributed by atoms with Crippen LogP contribution in [-0.4, -0.2) is 47.0 Å². The summed E-state index contributed by atoms with van der Waals surface area (Å²) in [6, 6.07) is 6.44. The molecule has 0 aliphatic carbocycles. The molecule has 1 aromatic carbocycles. The Hall–Kier alpha value is -1.18. The third-order valence-electron chi connectivity index (χ3n) is 4.55. The van der Waals surface area contributed by atoms with Crippen molar-refractivity contribution in [1.29, 1.82) is 0 Å². The average Bonchev–Trinajstić information content (AvgIpc) is 3.17. The van der Waals surface area contributed by atoms with Crippen molar-refractivity contribution in [2.24, 2.45) is 11.8 Å². The van der Waals surface area contributed by atoms with Gasteiger partial charge in [0.2, 0.25) is 10.0 Å². The van der Waals surface area contributed by atoms with Gasteiger partial charge < -0.3 is 9.64 Å². The first-order valence-electron chi connectivity index (χ1n) is 8.07. The Morgan fingerprint density at radius 3 is 2.70 bits per heavy atom. The lowest BCUT2D eigenvalue weighted by Gasteiger charge is -2.19. The van der Waals surface area contributed by atoms with Crippen LogP contribution in [0.2, 0.25) is 0 Å². The SMILES string of the molecule is O=S(=O)(CC1CCOC1)NCC1CCN(c2ccc(F)cc2)C1. The van der Waals surface area contributed by atoms with E-state index in [1.54, 1.807) is 12.1 Å². The van der Waals surface area contributed by atoms with Crippen molar-refractivity contribution in [3.05, 3.63) is 30.1 Å². The molecule has 0 spiro atoms. The van der Waals surface area contributed by atoms with Gasteiger partial charge in [0, 0.05) is 31.9 Å². The maximum Gasteiger partial charge on any atom is 0.211 e. The number of sulfonamides is 1. The molecular weight excluding hydrogens is 319 g/mol. The van der Waals surface area contributed by atoms with E-state index in [-0.39, 0.29) is 23.4 Å². The average molecular weight is 342 g/mol. The molecule has 2 fully saturated rings. The minimum Gasteiger partial charge on any atom is -0.381 e. The predicted molar refractivity (Wildman–Crippen MR) is 87.4 cm³/mol. The van der Waals surface area contributed by atoms with Crippen LogP contribution < -0.4 is 9.62 Å². The number of hydrogen-bond acceptors (Lipinski definition) is 4. The Morgan fingerprint density at radius 2 is 2.00 bits per heavy atom. The van der Waals surface area contributed by atoms with Gasteiger partial charge in [-0.1, -0.05) is 0 Å². The second kappa shape index (κ2) is 7.15. The summed E-state index contributed by atoms with van der Waals surface area (Å²) in [7, 11) is -3.24. The number of nitrogens with one attached hydrogen (secondary N) is 1. The Labute approximate surface area is 136 Å². The molecule has 2 saturated heterocycles. The lowest BCUT2D eigenvalue weighted by molar-refractivity contribution is 0.188. The van der Waals surface area contributed by atoms with Crippen molar-refractivity contribution in [3.63, 3.8) is 0 Å². The van der Waals surface area contributed by atoms with Gasteiger partial charge in [-0.15, -0.1) is 0 Å². The van der Waals surface area contributed by atoms with Crippen LogP contribution in [0.25, 0.3) is 0 Å². The zero-order chi connectivity index (χ0) is 16.3. The topological polar surface area (TPSA) is 58.6 Å². The zero-order valence-corrected chi connectivity index (χ0v) is 13.9. The van der Waals surface area contributed by atoms with Crippen molar-refractivity contribution in [2.75, 3.05) is 43.5 Å². The third kappa shape index (κ3) is 4.65. The van der Waals surface area contributed by atoms with Gasteiger partial charge in [0.25, 0.3) is 0 Å². The Balaban J connectivity index is 1.47. The molecule has 0 aromatic heterocycles. The maximum atomic E-state index is 13.0. The molecule has 5 nitrogen and oxygen atoms in total. The first kappa shape index (κ1) is 16.7. The van der Waals surface area contributed by atoms with Crippen LogP contribution in [0.15, 0.2) is 24.3 Å². The molecule has 0 amide bonds. The molecule has 1 N–H and O–H groups in total. The number of anilines is 1. The summed E-state index contributed by atoms with van der Waals surface area (Å²) in [5.41, 5.74) is 0.986. The van der Waals surface area contributed by atoms with Gasteiger partial charge in [-0.2, -0.15) is 0 Å². The van der Waals surface area contributed by atoms with Crippen molar-refractivity contribution in [3.8, 4) is 0 Å².